The van der Waals surface area contributed by atoms with E-state index in [1.165, 1.54) is 6.07 Å². The number of amides is 2. The molecule has 1 aromatic carbocycles. The Kier molecular flexibility index (Phi) is 4.67. The molecule has 1 spiro atoms. The number of hydrogen-bond acceptors (Lipinski definition) is 3. The van der Waals surface area contributed by atoms with Gasteiger partial charge in [0.15, 0.2) is 17.7 Å². The molecule has 2 amide bonds. The maximum atomic E-state index is 13.7. The van der Waals surface area contributed by atoms with Gasteiger partial charge in [0.05, 0.1) is 0 Å². The van der Waals surface area contributed by atoms with Gasteiger partial charge in [-0.2, -0.15) is 0 Å². The maximum absolute atomic E-state index is 13.7. The Bertz CT molecular complexity index is 687. The number of ether oxygens (including phenoxy) is 1. The fourth-order valence-corrected chi connectivity index (χ4v) is 3.71. The molecule has 136 valence electrons. The highest BCUT2D eigenvalue weighted by atomic mass is 19.1. The molecule has 0 aliphatic carbocycles. The number of carbonyl (C=O) groups excluding carboxylic acids is 2. The van der Waals surface area contributed by atoms with Gasteiger partial charge in [0.25, 0.3) is 5.91 Å². The molecule has 1 unspecified atom stereocenters. The molecule has 1 atom stereocenters. The second-order valence-corrected chi connectivity index (χ2v) is 7.09. The highest BCUT2D eigenvalue weighted by Gasteiger charge is 2.44. The summed E-state index contributed by atoms with van der Waals surface area (Å²) >= 11 is 0. The molecule has 7 heteroatoms. The first-order valence-electron chi connectivity index (χ1n) is 8.44. The highest BCUT2D eigenvalue weighted by Crippen LogP contribution is 2.40. The molecule has 3 rings (SSSR count). The summed E-state index contributed by atoms with van der Waals surface area (Å²) in [6, 6.07) is 3.00. The summed E-state index contributed by atoms with van der Waals surface area (Å²) in [5.74, 6) is -1.73. The topological polar surface area (TPSA) is 49.9 Å². The van der Waals surface area contributed by atoms with Gasteiger partial charge in [0.1, 0.15) is 5.82 Å². The van der Waals surface area contributed by atoms with Crippen molar-refractivity contribution in [1.29, 1.82) is 0 Å². The summed E-state index contributed by atoms with van der Waals surface area (Å²) < 4.78 is 32.0. The summed E-state index contributed by atoms with van der Waals surface area (Å²) in [6.07, 6.45) is 1.22. The van der Waals surface area contributed by atoms with E-state index < -0.39 is 17.7 Å². The number of rotatable bonds is 3. The lowest BCUT2D eigenvalue weighted by molar-refractivity contribution is -0.140. The minimum absolute atomic E-state index is 0.0320. The fraction of sp³-hybridized carbons (Fsp3) is 0.556. The first-order valence-corrected chi connectivity index (χ1v) is 8.44. The molecule has 1 aromatic rings. The van der Waals surface area contributed by atoms with Gasteiger partial charge >= 0.3 is 0 Å². The van der Waals surface area contributed by atoms with Gasteiger partial charge in [0, 0.05) is 44.6 Å². The van der Waals surface area contributed by atoms with Crippen molar-refractivity contribution < 1.29 is 23.1 Å². The van der Waals surface area contributed by atoms with Crippen LogP contribution >= 0.6 is 0 Å². The van der Waals surface area contributed by atoms with Crippen LogP contribution in [0.25, 0.3) is 0 Å². The van der Waals surface area contributed by atoms with Crippen molar-refractivity contribution in [3.63, 3.8) is 0 Å². The minimum atomic E-state index is -0.859. The van der Waals surface area contributed by atoms with E-state index in [1.54, 1.807) is 16.7 Å². The summed E-state index contributed by atoms with van der Waals surface area (Å²) in [5.41, 5.74) is -0.0320. The molecule has 0 N–H and O–H groups in total. The Hall–Kier alpha value is -2.18. The molecule has 2 heterocycles. The normalized spacial score (nSPS) is 20.9. The molecular weight excluding hydrogens is 330 g/mol. The lowest BCUT2D eigenvalue weighted by Crippen LogP contribution is -2.48. The first kappa shape index (κ1) is 17.6. The molecule has 25 heavy (non-hydrogen) atoms. The number of likely N-dealkylation sites (tertiary alicyclic amines) is 2. The largest absolute Gasteiger partial charge is 0.478 e. The van der Waals surface area contributed by atoms with Crippen molar-refractivity contribution >= 4 is 11.8 Å². The van der Waals surface area contributed by atoms with E-state index in [2.05, 4.69) is 0 Å². The Morgan fingerprint density at radius 2 is 1.96 bits per heavy atom. The van der Waals surface area contributed by atoms with Crippen molar-refractivity contribution in [3.05, 3.63) is 29.8 Å². The standard InChI is InChI=1S/C18H22F2N2O3/c1-12(25-15-4-3-13(19)9-14(15)20)17(24)22-7-5-18(6-8-22)10-16(23)21(2)11-18/h3-4,9,12H,5-8,10-11H2,1-2H3. The van der Waals surface area contributed by atoms with Gasteiger partial charge in [-0.05, 0) is 31.9 Å². The van der Waals surface area contributed by atoms with E-state index >= 15 is 0 Å². The van der Waals surface area contributed by atoms with Crippen molar-refractivity contribution in [2.75, 3.05) is 26.7 Å². The summed E-state index contributed by atoms with van der Waals surface area (Å²) in [4.78, 5) is 27.8. The third-order valence-electron chi connectivity index (χ3n) is 5.21. The smallest absolute Gasteiger partial charge is 0.263 e. The van der Waals surface area contributed by atoms with Crippen LogP contribution in [0.15, 0.2) is 18.2 Å². The molecule has 0 aromatic heterocycles. The number of nitrogens with zero attached hydrogens (tertiary/aromatic N) is 2. The molecule has 5 nitrogen and oxygen atoms in total. The van der Waals surface area contributed by atoms with Crippen LogP contribution in [-0.4, -0.2) is 54.4 Å². The number of benzene rings is 1. The first-order chi connectivity index (χ1) is 11.8. The molecule has 0 radical (unpaired) electrons. The van der Waals surface area contributed by atoms with Crippen LogP contribution in [0, 0.1) is 17.0 Å². The summed E-state index contributed by atoms with van der Waals surface area (Å²) in [5, 5.41) is 0. The van der Waals surface area contributed by atoms with E-state index in [9.17, 15) is 18.4 Å². The molecular formula is C18H22F2N2O3. The van der Waals surface area contributed by atoms with Crippen molar-refractivity contribution in [2.45, 2.75) is 32.3 Å². The average molecular weight is 352 g/mol. The van der Waals surface area contributed by atoms with Crippen LogP contribution < -0.4 is 4.74 Å². The Balaban J connectivity index is 1.58. The van der Waals surface area contributed by atoms with Gasteiger partial charge in [0.2, 0.25) is 5.91 Å². The Labute approximate surface area is 145 Å². The van der Waals surface area contributed by atoms with Crippen LogP contribution in [0.3, 0.4) is 0 Å². The number of carbonyl (C=O) groups is 2. The molecule has 2 aliphatic heterocycles. The Morgan fingerprint density at radius 3 is 2.52 bits per heavy atom. The van der Waals surface area contributed by atoms with Gasteiger partial charge in [-0.1, -0.05) is 0 Å². The zero-order valence-corrected chi connectivity index (χ0v) is 14.4. The average Bonchev–Trinajstić information content (AvgIpc) is 2.84. The summed E-state index contributed by atoms with van der Waals surface area (Å²) in [6.45, 7) is 3.40. The predicted octanol–water partition coefficient (Wildman–Crippen LogP) is 2.20. The van der Waals surface area contributed by atoms with Crippen molar-refractivity contribution in [1.82, 2.24) is 9.80 Å². The van der Waals surface area contributed by atoms with Gasteiger partial charge in [-0.15, -0.1) is 0 Å². The van der Waals surface area contributed by atoms with E-state index in [0.717, 1.165) is 31.5 Å². The number of piperidine rings is 1. The van der Waals surface area contributed by atoms with Gasteiger partial charge in [-0.25, -0.2) is 8.78 Å². The second-order valence-electron chi connectivity index (χ2n) is 7.09. The number of halogens is 2. The highest BCUT2D eigenvalue weighted by molar-refractivity contribution is 5.81. The van der Waals surface area contributed by atoms with E-state index in [-0.39, 0.29) is 23.0 Å². The molecule has 0 saturated carbocycles. The summed E-state index contributed by atoms with van der Waals surface area (Å²) in [7, 11) is 1.81. The van der Waals surface area contributed by atoms with Crippen molar-refractivity contribution in [2.24, 2.45) is 5.41 Å². The predicted molar refractivity (Wildman–Crippen MR) is 86.9 cm³/mol. The lowest BCUT2D eigenvalue weighted by atomic mass is 9.77. The van der Waals surface area contributed by atoms with E-state index in [4.69, 9.17) is 4.74 Å². The van der Waals surface area contributed by atoms with Crippen LogP contribution in [0.1, 0.15) is 26.2 Å². The maximum Gasteiger partial charge on any atom is 0.263 e. The lowest BCUT2D eigenvalue weighted by Gasteiger charge is -2.39. The molecule has 2 saturated heterocycles. The van der Waals surface area contributed by atoms with Gasteiger partial charge < -0.3 is 14.5 Å². The van der Waals surface area contributed by atoms with Gasteiger partial charge in [-0.3, -0.25) is 9.59 Å². The van der Waals surface area contributed by atoms with E-state index in [0.29, 0.717) is 19.5 Å². The zero-order valence-electron chi connectivity index (χ0n) is 14.4. The Morgan fingerprint density at radius 1 is 1.28 bits per heavy atom. The van der Waals surface area contributed by atoms with E-state index in [1.807, 2.05) is 7.05 Å². The quantitative estimate of drug-likeness (QED) is 0.838. The molecule has 0 bridgehead atoms. The van der Waals surface area contributed by atoms with Crippen LogP contribution in [-0.2, 0) is 9.59 Å². The van der Waals surface area contributed by atoms with Crippen LogP contribution in [0.4, 0.5) is 8.78 Å². The third kappa shape index (κ3) is 3.60. The zero-order chi connectivity index (χ0) is 18.2. The fourth-order valence-electron chi connectivity index (χ4n) is 3.71. The monoisotopic (exact) mass is 352 g/mol. The number of hydrogen-bond donors (Lipinski definition) is 0. The SMILES string of the molecule is CC(Oc1ccc(F)cc1F)C(=O)N1CCC2(CC1)CC(=O)N(C)C2. The molecule has 2 aliphatic rings. The van der Waals surface area contributed by atoms with Crippen molar-refractivity contribution in [3.8, 4) is 5.75 Å². The van der Waals surface area contributed by atoms with Crippen LogP contribution in [0.5, 0.6) is 5.75 Å². The third-order valence-corrected chi connectivity index (χ3v) is 5.21. The molecule has 2 fully saturated rings. The minimum Gasteiger partial charge on any atom is -0.478 e. The van der Waals surface area contributed by atoms with Crippen LogP contribution in [0.2, 0.25) is 0 Å². The second kappa shape index (κ2) is 6.61.